The van der Waals surface area contributed by atoms with Crippen LogP contribution in [-0.2, 0) is 10.0 Å². The molecular weight excluding hydrogens is 315 g/mol. The number of piperidine rings is 1. The van der Waals surface area contributed by atoms with E-state index in [9.17, 15) is 12.8 Å². The Balaban J connectivity index is 0.00000220. The van der Waals surface area contributed by atoms with Crippen molar-refractivity contribution in [2.45, 2.75) is 31.6 Å². The van der Waals surface area contributed by atoms with E-state index in [1.807, 2.05) is 0 Å². The van der Waals surface area contributed by atoms with E-state index in [1.165, 1.54) is 12.1 Å². The van der Waals surface area contributed by atoms with Gasteiger partial charge in [0, 0.05) is 6.54 Å². The molecule has 7 heteroatoms. The van der Waals surface area contributed by atoms with Crippen molar-refractivity contribution in [3.63, 3.8) is 0 Å². The van der Waals surface area contributed by atoms with E-state index < -0.39 is 15.8 Å². The lowest BCUT2D eigenvalue weighted by molar-refractivity contribution is 0.232. The lowest BCUT2D eigenvalue weighted by Crippen LogP contribution is -2.43. The molecule has 0 spiro atoms. The summed E-state index contributed by atoms with van der Waals surface area (Å²) in [5, 5.41) is 3.25. The highest BCUT2D eigenvalue weighted by Crippen LogP contribution is 2.28. The second kappa shape index (κ2) is 7.05. The molecule has 0 radical (unpaired) electrons. The van der Waals surface area contributed by atoms with Gasteiger partial charge in [-0.15, -0.1) is 12.4 Å². The molecule has 1 aromatic carbocycles. The standard InChI is InChI=1S/C14H21FN2O2S.ClH/c1-11-4-3-5-12(15)13(11)20(18,19)17-10-14(2)6-8-16-9-7-14;/h3-5,16-17H,6-10H2,1-2H3;1H. The molecule has 2 rings (SSSR count). The van der Waals surface area contributed by atoms with Crippen LogP contribution in [0.15, 0.2) is 23.1 Å². The van der Waals surface area contributed by atoms with Gasteiger partial charge in [0.25, 0.3) is 0 Å². The average molecular weight is 337 g/mol. The Morgan fingerprint density at radius 2 is 1.95 bits per heavy atom. The minimum Gasteiger partial charge on any atom is -0.317 e. The molecule has 2 N–H and O–H groups in total. The van der Waals surface area contributed by atoms with Gasteiger partial charge in [-0.1, -0.05) is 19.1 Å². The summed E-state index contributed by atoms with van der Waals surface area (Å²) in [5.41, 5.74) is 0.352. The Kier molecular flexibility index (Phi) is 6.16. The lowest BCUT2D eigenvalue weighted by atomic mass is 9.81. The van der Waals surface area contributed by atoms with Gasteiger partial charge < -0.3 is 5.32 Å². The molecular formula is C14H22ClFN2O2S. The largest absolute Gasteiger partial charge is 0.317 e. The van der Waals surface area contributed by atoms with Gasteiger partial charge in [-0.2, -0.15) is 0 Å². The van der Waals surface area contributed by atoms with Gasteiger partial charge >= 0.3 is 0 Å². The monoisotopic (exact) mass is 336 g/mol. The molecule has 4 nitrogen and oxygen atoms in total. The zero-order chi connectivity index (χ0) is 14.8. The second-order valence-electron chi connectivity index (χ2n) is 5.77. The van der Waals surface area contributed by atoms with Crippen molar-refractivity contribution in [3.8, 4) is 0 Å². The van der Waals surface area contributed by atoms with E-state index in [0.29, 0.717) is 12.1 Å². The number of sulfonamides is 1. The molecule has 0 aromatic heterocycles. The third-order valence-electron chi connectivity index (χ3n) is 3.93. The zero-order valence-electron chi connectivity index (χ0n) is 12.3. The molecule has 1 heterocycles. The van der Waals surface area contributed by atoms with E-state index in [4.69, 9.17) is 0 Å². The van der Waals surface area contributed by atoms with Crippen molar-refractivity contribution >= 4 is 22.4 Å². The lowest BCUT2D eigenvalue weighted by Gasteiger charge is -2.34. The number of nitrogens with one attached hydrogen (secondary N) is 2. The normalized spacial score (nSPS) is 18.0. The minimum atomic E-state index is -3.80. The summed E-state index contributed by atoms with van der Waals surface area (Å²) in [5.74, 6) is -0.701. The number of hydrogen-bond acceptors (Lipinski definition) is 3. The van der Waals surface area contributed by atoms with Crippen molar-refractivity contribution < 1.29 is 12.8 Å². The van der Waals surface area contributed by atoms with Gasteiger partial charge in [-0.25, -0.2) is 17.5 Å². The van der Waals surface area contributed by atoms with Crippen molar-refractivity contribution in [2.24, 2.45) is 5.41 Å². The van der Waals surface area contributed by atoms with Crippen molar-refractivity contribution in [1.29, 1.82) is 0 Å². The summed E-state index contributed by atoms with van der Waals surface area (Å²) in [4.78, 5) is -0.238. The van der Waals surface area contributed by atoms with Crippen LogP contribution < -0.4 is 10.0 Å². The van der Waals surface area contributed by atoms with Crippen LogP contribution in [0.3, 0.4) is 0 Å². The third-order valence-corrected chi connectivity index (χ3v) is 5.51. The van der Waals surface area contributed by atoms with E-state index >= 15 is 0 Å². The van der Waals surface area contributed by atoms with E-state index in [1.54, 1.807) is 13.0 Å². The van der Waals surface area contributed by atoms with Gasteiger partial charge in [0.1, 0.15) is 10.7 Å². The Labute approximate surface area is 132 Å². The first-order chi connectivity index (χ1) is 9.34. The molecule has 0 amide bonds. The fourth-order valence-corrected chi connectivity index (χ4v) is 4.00. The minimum absolute atomic E-state index is 0. The predicted octanol–water partition coefficient (Wildman–Crippen LogP) is 2.22. The van der Waals surface area contributed by atoms with Gasteiger partial charge in [0.15, 0.2) is 0 Å². The number of hydrogen-bond donors (Lipinski definition) is 2. The third kappa shape index (κ3) is 4.39. The zero-order valence-corrected chi connectivity index (χ0v) is 13.9. The van der Waals surface area contributed by atoms with Crippen LogP contribution in [0.1, 0.15) is 25.3 Å². The summed E-state index contributed by atoms with van der Waals surface area (Å²) < 4.78 is 40.9. The van der Waals surface area contributed by atoms with Crippen molar-refractivity contribution in [1.82, 2.24) is 10.0 Å². The summed E-state index contributed by atoms with van der Waals surface area (Å²) in [7, 11) is -3.80. The number of rotatable bonds is 4. The van der Waals surface area contributed by atoms with Crippen LogP contribution in [0.25, 0.3) is 0 Å². The molecule has 1 aliphatic heterocycles. The highest BCUT2D eigenvalue weighted by Gasteiger charge is 2.30. The molecule has 0 unspecified atom stereocenters. The number of aryl methyl sites for hydroxylation is 1. The maximum Gasteiger partial charge on any atom is 0.243 e. The van der Waals surface area contributed by atoms with E-state index in [-0.39, 0.29) is 22.7 Å². The molecule has 0 aliphatic carbocycles. The van der Waals surface area contributed by atoms with Crippen LogP contribution >= 0.6 is 12.4 Å². The van der Waals surface area contributed by atoms with Crippen LogP contribution in [0, 0.1) is 18.2 Å². The van der Waals surface area contributed by atoms with Gasteiger partial charge in [0.05, 0.1) is 0 Å². The predicted molar refractivity (Wildman–Crippen MR) is 83.8 cm³/mol. The Morgan fingerprint density at radius 3 is 2.52 bits per heavy atom. The van der Waals surface area contributed by atoms with Gasteiger partial charge in [-0.3, -0.25) is 0 Å². The van der Waals surface area contributed by atoms with E-state index in [0.717, 1.165) is 25.9 Å². The maximum absolute atomic E-state index is 13.8. The number of benzene rings is 1. The number of halogens is 2. The highest BCUT2D eigenvalue weighted by molar-refractivity contribution is 7.89. The van der Waals surface area contributed by atoms with Crippen LogP contribution in [0.4, 0.5) is 4.39 Å². The van der Waals surface area contributed by atoms with Gasteiger partial charge in [0.2, 0.25) is 10.0 Å². The fraction of sp³-hybridized carbons (Fsp3) is 0.571. The summed E-state index contributed by atoms with van der Waals surface area (Å²) >= 11 is 0. The summed E-state index contributed by atoms with van der Waals surface area (Å²) in [6.07, 6.45) is 1.82. The maximum atomic E-state index is 13.8. The first-order valence-corrected chi connectivity index (χ1v) is 8.28. The first kappa shape index (κ1) is 18.4. The Morgan fingerprint density at radius 1 is 1.33 bits per heavy atom. The topological polar surface area (TPSA) is 58.2 Å². The summed E-state index contributed by atoms with van der Waals surface area (Å²) in [6, 6.07) is 4.29. The Bertz CT molecular complexity index is 566. The quantitative estimate of drug-likeness (QED) is 0.886. The molecule has 1 saturated heterocycles. The molecule has 1 aliphatic rings. The molecule has 120 valence electrons. The molecule has 1 fully saturated rings. The van der Waals surface area contributed by atoms with Crippen LogP contribution in [0.2, 0.25) is 0 Å². The molecule has 0 saturated carbocycles. The van der Waals surface area contributed by atoms with Gasteiger partial charge in [-0.05, 0) is 49.9 Å². The van der Waals surface area contributed by atoms with E-state index in [2.05, 4.69) is 17.0 Å². The Hall–Kier alpha value is -0.690. The van der Waals surface area contributed by atoms with Crippen molar-refractivity contribution in [3.05, 3.63) is 29.6 Å². The van der Waals surface area contributed by atoms with Crippen LogP contribution in [0.5, 0.6) is 0 Å². The SMILES string of the molecule is Cc1cccc(F)c1S(=O)(=O)NCC1(C)CCNCC1.Cl. The average Bonchev–Trinajstić information content (AvgIpc) is 2.37. The summed E-state index contributed by atoms with van der Waals surface area (Å²) in [6.45, 7) is 5.77. The first-order valence-electron chi connectivity index (χ1n) is 6.80. The fourth-order valence-electron chi connectivity index (χ4n) is 2.51. The molecule has 21 heavy (non-hydrogen) atoms. The smallest absolute Gasteiger partial charge is 0.243 e. The molecule has 0 atom stereocenters. The molecule has 0 bridgehead atoms. The van der Waals surface area contributed by atoms with Crippen molar-refractivity contribution in [2.75, 3.05) is 19.6 Å². The highest BCUT2D eigenvalue weighted by atomic mass is 35.5. The molecule has 1 aromatic rings. The van der Waals surface area contributed by atoms with Crippen LogP contribution in [-0.4, -0.2) is 28.1 Å². The second-order valence-corrected chi connectivity index (χ2v) is 7.47.